The highest BCUT2D eigenvalue weighted by Crippen LogP contribution is 2.01. The van der Waals surface area contributed by atoms with Crippen molar-refractivity contribution in [2.24, 2.45) is 5.16 Å². The minimum Gasteiger partial charge on any atom is -0.316 e. The maximum Gasteiger partial charge on any atom is 0.433 e. The number of carbonyl (C=O) groups is 1. The summed E-state index contributed by atoms with van der Waals surface area (Å²) in [5.41, 5.74) is 2.58. The molecule has 0 radical (unpaired) electrons. The van der Waals surface area contributed by atoms with Gasteiger partial charge in [-0.1, -0.05) is 65.8 Å². The Balaban J connectivity index is 1.83. The summed E-state index contributed by atoms with van der Waals surface area (Å²) in [5.74, 6) is 0. The van der Waals surface area contributed by atoms with Gasteiger partial charge in [0, 0.05) is 6.54 Å². The third kappa shape index (κ3) is 4.24. The smallest absolute Gasteiger partial charge is 0.316 e. The van der Waals surface area contributed by atoms with E-state index < -0.39 is 6.09 Å². The van der Waals surface area contributed by atoms with E-state index in [1.54, 1.807) is 6.92 Å². The lowest BCUT2D eigenvalue weighted by Gasteiger charge is -2.04. The molecule has 0 spiro atoms. The number of oxime groups is 1. The topological polar surface area (TPSA) is 50.7 Å². The molecule has 102 valence electrons. The summed E-state index contributed by atoms with van der Waals surface area (Å²) in [5, 5.41) is 6.45. The monoisotopic (exact) mass is 268 g/mol. The van der Waals surface area contributed by atoms with Gasteiger partial charge in [-0.2, -0.15) is 0 Å². The number of amides is 1. The van der Waals surface area contributed by atoms with Crippen LogP contribution in [-0.2, 0) is 11.4 Å². The Morgan fingerprint density at radius 2 is 1.65 bits per heavy atom. The van der Waals surface area contributed by atoms with E-state index in [-0.39, 0.29) is 0 Å². The first-order chi connectivity index (χ1) is 9.75. The molecule has 0 aromatic heterocycles. The van der Waals surface area contributed by atoms with E-state index in [1.807, 2.05) is 60.7 Å². The molecule has 2 aromatic carbocycles. The van der Waals surface area contributed by atoms with Crippen molar-refractivity contribution in [2.75, 3.05) is 0 Å². The molecular weight excluding hydrogens is 252 g/mol. The lowest BCUT2D eigenvalue weighted by atomic mass is 10.1. The minimum atomic E-state index is -0.566. The van der Waals surface area contributed by atoms with Crippen LogP contribution in [-0.4, -0.2) is 11.8 Å². The fraction of sp³-hybridized carbons (Fsp3) is 0.125. The van der Waals surface area contributed by atoms with E-state index in [0.29, 0.717) is 12.3 Å². The van der Waals surface area contributed by atoms with Crippen LogP contribution >= 0.6 is 0 Å². The zero-order valence-electron chi connectivity index (χ0n) is 11.2. The Kier molecular flexibility index (Phi) is 4.89. The molecule has 0 saturated carbocycles. The van der Waals surface area contributed by atoms with Crippen molar-refractivity contribution in [3.8, 4) is 0 Å². The van der Waals surface area contributed by atoms with Crippen molar-refractivity contribution in [1.29, 1.82) is 0 Å². The molecule has 0 aliphatic heterocycles. The molecule has 0 saturated heterocycles. The number of carbonyl (C=O) groups excluding carboxylic acids is 1. The molecule has 0 aliphatic rings. The van der Waals surface area contributed by atoms with Crippen LogP contribution in [0.15, 0.2) is 65.8 Å². The average molecular weight is 268 g/mol. The Morgan fingerprint density at radius 3 is 2.30 bits per heavy atom. The zero-order valence-corrected chi connectivity index (χ0v) is 11.2. The highest BCUT2D eigenvalue weighted by molar-refractivity contribution is 5.98. The van der Waals surface area contributed by atoms with Gasteiger partial charge in [-0.3, -0.25) is 4.84 Å². The molecule has 0 bridgehead atoms. The summed E-state index contributed by atoms with van der Waals surface area (Å²) in [6.07, 6.45) is -0.566. The second kappa shape index (κ2) is 7.09. The van der Waals surface area contributed by atoms with Crippen LogP contribution in [0, 0.1) is 0 Å². The quantitative estimate of drug-likeness (QED) is 0.525. The molecule has 4 heteroatoms. The summed E-state index contributed by atoms with van der Waals surface area (Å²) in [6.45, 7) is 2.21. The van der Waals surface area contributed by atoms with Crippen LogP contribution < -0.4 is 5.32 Å². The first-order valence-corrected chi connectivity index (χ1v) is 6.34. The van der Waals surface area contributed by atoms with Crippen LogP contribution in [0.1, 0.15) is 18.1 Å². The second-order valence-electron chi connectivity index (χ2n) is 4.26. The second-order valence-corrected chi connectivity index (χ2v) is 4.26. The highest BCUT2D eigenvalue weighted by Gasteiger charge is 2.02. The highest BCUT2D eigenvalue weighted by atomic mass is 16.7. The standard InChI is InChI=1S/C16H16N2O2/c1-13(15-10-6-3-7-11-15)18-20-16(19)17-12-14-8-4-2-5-9-14/h2-11H,12H2,1H3,(H,17,19)/b18-13-. The summed E-state index contributed by atoms with van der Waals surface area (Å²) >= 11 is 0. The molecule has 20 heavy (non-hydrogen) atoms. The van der Waals surface area contributed by atoms with E-state index >= 15 is 0 Å². The van der Waals surface area contributed by atoms with Gasteiger partial charge in [-0.05, 0) is 18.1 Å². The normalized spacial score (nSPS) is 10.9. The lowest BCUT2D eigenvalue weighted by molar-refractivity contribution is 0.150. The third-order valence-electron chi connectivity index (χ3n) is 2.74. The molecular formula is C16H16N2O2. The molecule has 2 rings (SSSR count). The van der Waals surface area contributed by atoms with E-state index in [1.165, 1.54) is 0 Å². The van der Waals surface area contributed by atoms with Gasteiger partial charge in [0.1, 0.15) is 0 Å². The first kappa shape index (κ1) is 13.8. The summed E-state index contributed by atoms with van der Waals surface area (Å²) in [7, 11) is 0. The SMILES string of the molecule is C/C(=N/OC(=O)NCc1ccccc1)c1ccccc1. The number of rotatable bonds is 4. The van der Waals surface area contributed by atoms with Crippen LogP contribution in [0.4, 0.5) is 4.79 Å². The van der Waals surface area contributed by atoms with Crippen LogP contribution in [0.5, 0.6) is 0 Å². The lowest BCUT2D eigenvalue weighted by Crippen LogP contribution is -2.22. The van der Waals surface area contributed by atoms with Crippen molar-refractivity contribution in [1.82, 2.24) is 5.32 Å². The fourth-order valence-corrected chi connectivity index (χ4v) is 1.64. The predicted octanol–water partition coefficient (Wildman–Crippen LogP) is 3.34. The molecule has 4 nitrogen and oxygen atoms in total. The number of nitrogens with one attached hydrogen (secondary N) is 1. The van der Waals surface area contributed by atoms with Crippen LogP contribution in [0.2, 0.25) is 0 Å². The van der Waals surface area contributed by atoms with Crippen molar-refractivity contribution < 1.29 is 9.63 Å². The Morgan fingerprint density at radius 1 is 1.05 bits per heavy atom. The van der Waals surface area contributed by atoms with Crippen LogP contribution in [0.3, 0.4) is 0 Å². The summed E-state index contributed by atoms with van der Waals surface area (Å²) < 4.78 is 0. The molecule has 0 fully saturated rings. The van der Waals surface area contributed by atoms with Gasteiger partial charge in [-0.15, -0.1) is 0 Å². The van der Waals surface area contributed by atoms with E-state index in [9.17, 15) is 4.79 Å². The van der Waals surface area contributed by atoms with Gasteiger partial charge in [0.25, 0.3) is 0 Å². The number of hydrogen-bond acceptors (Lipinski definition) is 3. The molecule has 1 amide bonds. The number of hydrogen-bond donors (Lipinski definition) is 1. The Hall–Kier alpha value is -2.62. The third-order valence-corrected chi connectivity index (χ3v) is 2.74. The van der Waals surface area contributed by atoms with Gasteiger partial charge in [0.2, 0.25) is 0 Å². The minimum absolute atomic E-state index is 0.416. The first-order valence-electron chi connectivity index (χ1n) is 6.34. The predicted molar refractivity (Wildman–Crippen MR) is 78.4 cm³/mol. The van der Waals surface area contributed by atoms with Gasteiger partial charge < -0.3 is 5.32 Å². The van der Waals surface area contributed by atoms with E-state index in [4.69, 9.17) is 4.84 Å². The molecule has 0 heterocycles. The van der Waals surface area contributed by atoms with Crippen molar-refractivity contribution in [3.05, 3.63) is 71.8 Å². The largest absolute Gasteiger partial charge is 0.433 e. The van der Waals surface area contributed by atoms with E-state index in [0.717, 1.165) is 11.1 Å². The molecule has 0 atom stereocenters. The molecule has 1 N–H and O–H groups in total. The zero-order chi connectivity index (χ0) is 14.2. The molecule has 0 aliphatic carbocycles. The fourth-order valence-electron chi connectivity index (χ4n) is 1.64. The molecule has 0 unspecified atom stereocenters. The van der Waals surface area contributed by atoms with Gasteiger partial charge in [0.05, 0.1) is 5.71 Å². The Labute approximate surface area is 118 Å². The maximum absolute atomic E-state index is 11.5. The van der Waals surface area contributed by atoms with Gasteiger partial charge in [-0.25, -0.2) is 4.79 Å². The average Bonchev–Trinajstić information content (AvgIpc) is 2.52. The number of nitrogens with zero attached hydrogens (tertiary/aromatic N) is 1. The Bertz CT molecular complexity index is 580. The number of benzene rings is 2. The van der Waals surface area contributed by atoms with E-state index in [2.05, 4.69) is 10.5 Å². The van der Waals surface area contributed by atoms with Crippen LogP contribution in [0.25, 0.3) is 0 Å². The summed E-state index contributed by atoms with van der Waals surface area (Å²) in [6, 6.07) is 19.2. The van der Waals surface area contributed by atoms with Crippen molar-refractivity contribution >= 4 is 11.8 Å². The van der Waals surface area contributed by atoms with Crippen molar-refractivity contribution in [3.63, 3.8) is 0 Å². The summed E-state index contributed by atoms with van der Waals surface area (Å²) in [4.78, 5) is 16.3. The van der Waals surface area contributed by atoms with Gasteiger partial charge in [0.15, 0.2) is 0 Å². The van der Waals surface area contributed by atoms with Gasteiger partial charge >= 0.3 is 6.09 Å². The maximum atomic E-state index is 11.5. The molecule has 2 aromatic rings. The van der Waals surface area contributed by atoms with Crippen molar-refractivity contribution in [2.45, 2.75) is 13.5 Å².